The Balaban J connectivity index is 1.69. The van der Waals surface area contributed by atoms with Crippen LogP contribution in [0.2, 0.25) is 0 Å². The van der Waals surface area contributed by atoms with E-state index < -0.39 is 12.1 Å². The Hall–Kier alpha value is -2.82. The Morgan fingerprint density at radius 1 is 1.17 bits per heavy atom. The van der Waals surface area contributed by atoms with E-state index in [9.17, 15) is 9.59 Å². The van der Waals surface area contributed by atoms with Crippen LogP contribution >= 0.6 is 0 Å². The van der Waals surface area contributed by atoms with E-state index in [4.69, 9.17) is 9.15 Å². The van der Waals surface area contributed by atoms with Crippen molar-refractivity contribution in [3.63, 3.8) is 0 Å². The van der Waals surface area contributed by atoms with Crippen molar-refractivity contribution in [1.82, 2.24) is 5.32 Å². The highest BCUT2D eigenvalue weighted by atomic mass is 16.5. The highest BCUT2D eigenvalue weighted by Gasteiger charge is 2.30. The minimum absolute atomic E-state index is 0.200. The molecule has 0 radical (unpaired) electrons. The van der Waals surface area contributed by atoms with Crippen LogP contribution in [0.5, 0.6) is 0 Å². The number of carbonyl (C=O) groups excluding carboxylic acids is 2. The lowest BCUT2D eigenvalue weighted by atomic mass is 10.1. The lowest BCUT2D eigenvalue weighted by Gasteiger charge is -2.17. The molecule has 0 saturated heterocycles. The van der Waals surface area contributed by atoms with Gasteiger partial charge in [0, 0.05) is 17.7 Å². The number of hydrogen-bond donors (Lipinski definition) is 1. The summed E-state index contributed by atoms with van der Waals surface area (Å²) in [4.78, 5) is 24.3. The minimum atomic E-state index is -0.953. The molecule has 1 aromatic carbocycles. The van der Waals surface area contributed by atoms with Crippen LogP contribution in [0.25, 0.3) is 6.08 Å². The summed E-state index contributed by atoms with van der Waals surface area (Å²) in [6.45, 7) is 0. The summed E-state index contributed by atoms with van der Waals surface area (Å²) >= 11 is 0. The summed E-state index contributed by atoms with van der Waals surface area (Å²) in [5.41, 5.74) is 0.644. The van der Waals surface area contributed by atoms with Gasteiger partial charge in [0.25, 0.3) is 5.91 Å². The number of furan rings is 1. The van der Waals surface area contributed by atoms with E-state index in [0.717, 1.165) is 12.8 Å². The summed E-state index contributed by atoms with van der Waals surface area (Å²) < 4.78 is 10.5. The standard InChI is InChI=1S/C18H17NO4/c20-16(11-10-15-7-4-12-22-15)23-17(13-5-2-1-3-6-13)18(21)19-14-8-9-14/h1-7,10-12,14,17H,8-9H2,(H,19,21)/b11-10+/t17-/m0/s1. The van der Waals surface area contributed by atoms with Crippen molar-refractivity contribution in [2.45, 2.75) is 25.0 Å². The molecular weight excluding hydrogens is 294 g/mol. The van der Waals surface area contributed by atoms with Crippen molar-refractivity contribution in [2.75, 3.05) is 0 Å². The quantitative estimate of drug-likeness (QED) is 0.658. The zero-order chi connectivity index (χ0) is 16.1. The number of nitrogens with one attached hydrogen (secondary N) is 1. The van der Waals surface area contributed by atoms with E-state index in [1.54, 1.807) is 36.4 Å². The molecule has 118 valence electrons. The molecule has 0 bridgehead atoms. The molecule has 1 atom stereocenters. The molecule has 1 saturated carbocycles. The summed E-state index contributed by atoms with van der Waals surface area (Å²) in [5.74, 6) is -0.347. The van der Waals surface area contributed by atoms with E-state index in [1.165, 1.54) is 18.4 Å². The van der Waals surface area contributed by atoms with Crippen LogP contribution in [0.15, 0.2) is 59.2 Å². The number of carbonyl (C=O) groups is 2. The first-order valence-corrected chi connectivity index (χ1v) is 7.50. The van der Waals surface area contributed by atoms with Gasteiger partial charge in [0.15, 0.2) is 0 Å². The average Bonchev–Trinajstić information content (AvgIpc) is 3.22. The van der Waals surface area contributed by atoms with Gasteiger partial charge in [0.2, 0.25) is 6.10 Å². The second-order valence-electron chi connectivity index (χ2n) is 5.36. The van der Waals surface area contributed by atoms with Gasteiger partial charge in [-0.1, -0.05) is 30.3 Å². The van der Waals surface area contributed by atoms with Gasteiger partial charge in [-0.25, -0.2) is 4.79 Å². The predicted octanol–water partition coefficient (Wildman–Crippen LogP) is 2.86. The van der Waals surface area contributed by atoms with Crippen molar-refractivity contribution in [3.05, 3.63) is 66.1 Å². The number of ether oxygens (including phenoxy) is 1. The fourth-order valence-corrected chi connectivity index (χ4v) is 2.10. The average molecular weight is 311 g/mol. The first kappa shape index (κ1) is 15.1. The molecule has 0 aliphatic heterocycles. The van der Waals surface area contributed by atoms with Crippen LogP contribution in [0.3, 0.4) is 0 Å². The first-order valence-electron chi connectivity index (χ1n) is 7.50. The highest BCUT2D eigenvalue weighted by molar-refractivity contribution is 5.90. The van der Waals surface area contributed by atoms with Gasteiger partial charge in [-0.15, -0.1) is 0 Å². The van der Waals surface area contributed by atoms with Crippen molar-refractivity contribution >= 4 is 18.0 Å². The zero-order valence-corrected chi connectivity index (χ0v) is 12.5. The molecule has 1 fully saturated rings. The molecule has 2 aromatic rings. The lowest BCUT2D eigenvalue weighted by molar-refractivity contribution is -0.151. The maximum Gasteiger partial charge on any atom is 0.332 e. The molecule has 0 spiro atoms. The first-order chi connectivity index (χ1) is 11.2. The van der Waals surface area contributed by atoms with Gasteiger partial charge in [0.1, 0.15) is 5.76 Å². The third-order valence-corrected chi connectivity index (χ3v) is 3.43. The molecule has 1 aliphatic rings. The molecule has 1 heterocycles. The van der Waals surface area contributed by atoms with Gasteiger partial charge >= 0.3 is 5.97 Å². The van der Waals surface area contributed by atoms with Crippen molar-refractivity contribution < 1.29 is 18.7 Å². The van der Waals surface area contributed by atoms with E-state index >= 15 is 0 Å². The van der Waals surface area contributed by atoms with Gasteiger partial charge < -0.3 is 14.5 Å². The Morgan fingerprint density at radius 3 is 2.61 bits per heavy atom. The topological polar surface area (TPSA) is 68.5 Å². The molecule has 0 unspecified atom stereocenters. The fourth-order valence-electron chi connectivity index (χ4n) is 2.10. The molecule has 1 amide bonds. The lowest BCUT2D eigenvalue weighted by Crippen LogP contribution is -2.33. The van der Waals surface area contributed by atoms with Crippen LogP contribution in [-0.2, 0) is 14.3 Å². The van der Waals surface area contributed by atoms with E-state index in [2.05, 4.69) is 5.32 Å². The van der Waals surface area contributed by atoms with Crippen LogP contribution in [-0.4, -0.2) is 17.9 Å². The number of amides is 1. The van der Waals surface area contributed by atoms with Crippen molar-refractivity contribution in [3.8, 4) is 0 Å². The molecular formula is C18H17NO4. The van der Waals surface area contributed by atoms with Gasteiger partial charge in [0.05, 0.1) is 6.26 Å². The Labute approximate surface area is 133 Å². The van der Waals surface area contributed by atoms with Crippen LogP contribution in [0, 0.1) is 0 Å². The Kier molecular flexibility index (Phi) is 4.57. The molecule has 3 rings (SSSR count). The van der Waals surface area contributed by atoms with Gasteiger partial charge in [-0.05, 0) is 31.1 Å². The van der Waals surface area contributed by atoms with E-state index in [1.807, 2.05) is 6.07 Å². The van der Waals surface area contributed by atoms with Crippen LogP contribution in [0.1, 0.15) is 30.3 Å². The van der Waals surface area contributed by atoms with Gasteiger partial charge in [-0.2, -0.15) is 0 Å². The number of esters is 1. The van der Waals surface area contributed by atoms with E-state index in [0.29, 0.717) is 11.3 Å². The fraction of sp³-hybridized carbons (Fsp3) is 0.222. The highest BCUT2D eigenvalue weighted by Crippen LogP contribution is 2.23. The van der Waals surface area contributed by atoms with E-state index in [-0.39, 0.29) is 11.9 Å². The molecule has 1 aliphatic carbocycles. The normalized spacial score (nSPS) is 15.3. The smallest absolute Gasteiger partial charge is 0.332 e. The monoisotopic (exact) mass is 311 g/mol. The SMILES string of the molecule is O=C(/C=C/c1ccco1)O[C@H](C(=O)NC1CC1)c1ccccc1. The Bertz CT molecular complexity index is 687. The number of rotatable bonds is 6. The second-order valence-corrected chi connectivity index (χ2v) is 5.36. The maximum atomic E-state index is 12.3. The number of hydrogen-bond acceptors (Lipinski definition) is 4. The summed E-state index contributed by atoms with van der Waals surface area (Å²) in [6, 6.07) is 12.6. The van der Waals surface area contributed by atoms with Crippen LogP contribution in [0.4, 0.5) is 0 Å². The predicted molar refractivity (Wildman–Crippen MR) is 84.2 cm³/mol. The second kappa shape index (κ2) is 6.96. The minimum Gasteiger partial charge on any atom is -0.465 e. The number of benzene rings is 1. The largest absolute Gasteiger partial charge is 0.465 e. The maximum absolute atomic E-state index is 12.3. The zero-order valence-electron chi connectivity index (χ0n) is 12.5. The molecule has 1 aromatic heterocycles. The molecule has 5 nitrogen and oxygen atoms in total. The third kappa shape index (κ3) is 4.32. The third-order valence-electron chi connectivity index (χ3n) is 3.43. The molecule has 23 heavy (non-hydrogen) atoms. The summed E-state index contributed by atoms with van der Waals surface area (Å²) in [7, 11) is 0. The van der Waals surface area contributed by atoms with Crippen molar-refractivity contribution in [2.24, 2.45) is 0 Å². The summed E-state index contributed by atoms with van der Waals surface area (Å²) in [5, 5.41) is 2.87. The van der Waals surface area contributed by atoms with Crippen LogP contribution < -0.4 is 5.32 Å². The molecule has 1 N–H and O–H groups in total. The molecule has 5 heteroatoms. The van der Waals surface area contributed by atoms with Gasteiger partial charge in [-0.3, -0.25) is 4.79 Å². The Morgan fingerprint density at radius 2 is 1.96 bits per heavy atom. The summed E-state index contributed by atoms with van der Waals surface area (Å²) in [6.07, 6.45) is 5.26. The van der Waals surface area contributed by atoms with Crippen molar-refractivity contribution in [1.29, 1.82) is 0 Å².